The first kappa shape index (κ1) is 13.8. The zero-order valence-electron chi connectivity index (χ0n) is 11.6. The molecule has 1 saturated heterocycles. The monoisotopic (exact) mass is 254 g/mol. The van der Waals surface area contributed by atoms with Gasteiger partial charge >= 0.3 is 0 Å². The van der Waals surface area contributed by atoms with Crippen LogP contribution in [0.5, 0.6) is 0 Å². The van der Waals surface area contributed by atoms with Gasteiger partial charge in [0.15, 0.2) is 0 Å². The SMILES string of the molecule is CC(C)(O)C1CCCN1CC(=O)NCC1CCC1. The second kappa shape index (κ2) is 5.57. The minimum Gasteiger partial charge on any atom is -0.389 e. The van der Waals surface area contributed by atoms with Crippen LogP contribution in [0.15, 0.2) is 0 Å². The molecule has 0 aromatic carbocycles. The Bertz CT molecular complexity index is 295. The molecule has 2 rings (SSSR count). The molecule has 1 amide bonds. The van der Waals surface area contributed by atoms with E-state index in [1.807, 2.05) is 13.8 Å². The van der Waals surface area contributed by atoms with Crippen molar-refractivity contribution < 1.29 is 9.90 Å². The third-order valence-corrected chi connectivity index (χ3v) is 4.34. The van der Waals surface area contributed by atoms with E-state index in [-0.39, 0.29) is 11.9 Å². The van der Waals surface area contributed by atoms with Gasteiger partial charge in [-0.25, -0.2) is 0 Å². The van der Waals surface area contributed by atoms with Crippen LogP contribution in [0.25, 0.3) is 0 Å². The second-order valence-electron chi connectivity index (χ2n) is 6.38. The lowest BCUT2D eigenvalue weighted by molar-refractivity contribution is -0.123. The van der Waals surface area contributed by atoms with Crippen LogP contribution in [0.2, 0.25) is 0 Å². The maximum Gasteiger partial charge on any atom is 0.234 e. The Morgan fingerprint density at radius 3 is 2.61 bits per heavy atom. The number of hydrogen-bond acceptors (Lipinski definition) is 3. The van der Waals surface area contributed by atoms with E-state index in [1.165, 1.54) is 19.3 Å². The largest absolute Gasteiger partial charge is 0.389 e. The predicted molar refractivity (Wildman–Crippen MR) is 71.2 cm³/mol. The molecule has 0 spiro atoms. The minimum atomic E-state index is -0.718. The van der Waals surface area contributed by atoms with Crippen LogP contribution >= 0.6 is 0 Å². The molecule has 2 aliphatic rings. The van der Waals surface area contributed by atoms with Crippen LogP contribution in [0.3, 0.4) is 0 Å². The fourth-order valence-corrected chi connectivity index (χ4v) is 3.01. The van der Waals surface area contributed by atoms with Crippen molar-refractivity contribution >= 4 is 5.91 Å². The number of nitrogens with one attached hydrogen (secondary N) is 1. The highest BCUT2D eigenvalue weighted by Crippen LogP contribution is 2.27. The van der Waals surface area contributed by atoms with E-state index < -0.39 is 5.60 Å². The molecular formula is C14H26N2O2. The highest BCUT2D eigenvalue weighted by Gasteiger charge is 2.36. The van der Waals surface area contributed by atoms with Crippen LogP contribution in [0.1, 0.15) is 46.0 Å². The molecule has 104 valence electrons. The Morgan fingerprint density at radius 1 is 1.33 bits per heavy atom. The Hall–Kier alpha value is -0.610. The number of nitrogens with zero attached hydrogens (tertiary/aromatic N) is 1. The van der Waals surface area contributed by atoms with Crippen molar-refractivity contribution in [2.24, 2.45) is 5.92 Å². The summed E-state index contributed by atoms with van der Waals surface area (Å²) in [6, 6.07) is 0.118. The summed E-state index contributed by atoms with van der Waals surface area (Å²) in [5, 5.41) is 13.1. The molecule has 4 heteroatoms. The van der Waals surface area contributed by atoms with Crippen LogP contribution < -0.4 is 5.32 Å². The quantitative estimate of drug-likeness (QED) is 0.773. The van der Waals surface area contributed by atoms with Crippen molar-refractivity contribution in [1.29, 1.82) is 0 Å². The summed E-state index contributed by atoms with van der Waals surface area (Å²) in [6.07, 6.45) is 5.89. The number of rotatable bonds is 5. The summed E-state index contributed by atoms with van der Waals surface area (Å²) in [5.74, 6) is 0.815. The second-order valence-corrected chi connectivity index (χ2v) is 6.38. The average Bonchev–Trinajstić information content (AvgIpc) is 2.62. The average molecular weight is 254 g/mol. The number of aliphatic hydroxyl groups is 1. The van der Waals surface area contributed by atoms with Gasteiger partial charge < -0.3 is 10.4 Å². The predicted octanol–water partition coefficient (Wildman–Crippen LogP) is 1.14. The van der Waals surface area contributed by atoms with E-state index in [1.54, 1.807) is 0 Å². The van der Waals surface area contributed by atoms with Crippen molar-refractivity contribution in [3.8, 4) is 0 Å². The van der Waals surface area contributed by atoms with Crippen molar-refractivity contribution in [1.82, 2.24) is 10.2 Å². The molecule has 1 atom stereocenters. The van der Waals surface area contributed by atoms with Crippen LogP contribution in [-0.2, 0) is 4.79 Å². The molecule has 18 heavy (non-hydrogen) atoms. The number of likely N-dealkylation sites (tertiary alicyclic amines) is 1. The maximum atomic E-state index is 11.9. The smallest absolute Gasteiger partial charge is 0.234 e. The van der Waals surface area contributed by atoms with Crippen molar-refractivity contribution in [3.05, 3.63) is 0 Å². The van der Waals surface area contributed by atoms with Crippen LogP contribution in [0, 0.1) is 5.92 Å². The van der Waals surface area contributed by atoms with E-state index >= 15 is 0 Å². The van der Waals surface area contributed by atoms with E-state index in [0.717, 1.165) is 25.9 Å². The Balaban J connectivity index is 1.75. The molecule has 1 heterocycles. The normalized spacial score (nSPS) is 26.1. The first-order valence-corrected chi connectivity index (χ1v) is 7.20. The molecule has 0 bridgehead atoms. The third kappa shape index (κ3) is 3.45. The Morgan fingerprint density at radius 2 is 2.06 bits per heavy atom. The summed E-state index contributed by atoms with van der Waals surface area (Å²) < 4.78 is 0. The van der Waals surface area contributed by atoms with Gasteiger partial charge in [-0.1, -0.05) is 6.42 Å². The van der Waals surface area contributed by atoms with Crippen molar-refractivity contribution in [2.45, 2.75) is 57.6 Å². The van der Waals surface area contributed by atoms with E-state index in [2.05, 4.69) is 10.2 Å². The zero-order valence-corrected chi connectivity index (χ0v) is 11.6. The summed E-state index contributed by atoms with van der Waals surface area (Å²) >= 11 is 0. The van der Waals surface area contributed by atoms with Gasteiger partial charge in [0.25, 0.3) is 0 Å². The van der Waals surface area contributed by atoms with E-state index in [4.69, 9.17) is 0 Å². The summed E-state index contributed by atoms with van der Waals surface area (Å²) in [5.41, 5.74) is -0.718. The molecule has 1 aliphatic carbocycles. The highest BCUT2D eigenvalue weighted by atomic mass is 16.3. The standard InChI is InChI=1S/C14H26N2O2/c1-14(2,18)12-7-4-8-16(12)10-13(17)15-9-11-5-3-6-11/h11-12,18H,3-10H2,1-2H3,(H,15,17). The molecule has 1 saturated carbocycles. The zero-order chi connectivity index (χ0) is 13.2. The Labute approximate surface area is 110 Å². The van der Waals surface area contributed by atoms with Gasteiger partial charge in [-0.3, -0.25) is 9.69 Å². The molecular weight excluding hydrogens is 228 g/mol. The van der Waals surface area contributed by atoms with Gasteiger partial charge in [-0.2, -0.15) is 0 Å². The lowest BCUT2D eigenvalue weighted by Crippen LogP contribution is -2.49. The highest BCUT2D eigenvalue weighted by molar-refractivity contribution is 5.78. The molecule has 0 radical (unpaired) electrons. The van der Waals surface area contributed by atoms with Crippen LogP contribution in [0.4, 0.5) is 0 Å². The lowest BCUT2D eigenvalue weighted by atomic mass is 9.85. The first-order chi connectivity index (χ1) is 8.47. The molecule has 0 aromatic heterocycles. The summed E-state index contributed by atoms with van der Waals surface area (Å²) in [7, 11) is 0. The van der Waals surface area contributed by atoms with Crippen molar-refractivity contribution in [3.63, 3.8) is 0 Å². The van der Waals surface area contributed by atoms with Gasteiger partial charge in [0.2, 0.25) is 5.91 Å². The molecule has 4 nitrogen and oxygen atoms in total. The molecule has 1 aliphatic heterocycles. The molecule has 1 unspecified atom stereocenters. The van der Waals surface area contributed by atoms with E-state index in [0.29, 0.717) is 12.5 Å². The first-order valence-electron chi connectivity index (χ1n) is 7.20. The summed E-state index contributed by atoms with van der Waals surface area (Å²) in [6.45, 7) is 5.86. The minimum absolute atomic E-state index is 0.109. The fraction of sp³-hybridized carbons (Fsp3) is 0.929. The summed E-state index contributed by atoms with van der Waals surface area (Å²) in [4.78, 5) is 14.0. The van der Waals surface area contributed by atoms with Crippen LogP contribution in [-0.4, -0.2) is 47.2 Å². The van der Waals surface area contributed by atoms with Gasteiger partial charge in [-0.05, 0) is 52.0 Å². The number of carbonyl (C=O) groups excluding carboxylic acids is 1. The molecule has 0 aromatic rings. The Kier molecular flexibility index (Phi) is 4.28. The topological polar surface area (TPSA) is 52.6 Å². The van der Waals surface area contributed by atoms with Crippen molar-refractivity contribution in [2.75, 3.05) is 19.6 Å². The van der Waals surface area contributed by atoms with Gasteiger partial charge in [0, 0.05) is 12.6 Å². The third-order valence-electron chi connectivity index (χ3n) is 4.34. The lowest BCUT2D eigenvalue weighted by Gasteiger charge is -2.33. The molecule has 2 fully saturated rings. The molecule has 2 N–H and O–H groups in total. The van der Waals surface area contributed by atoms with Gasteiger partial charge in [0.1, 0.15) is 0 Å². The fourth-order valence-electron chi connectivity index (χ4n) is 3.01. The number of carbonyl (C=O) groups is 1. The van der Waals surface area contributed by atoms with Gasteiger partial charge in [0.05, 0.1) is 12.1 Å². The van der Waals surface area contributed by atoms with Gasteiger partial charge in [-0.15, -0.1) is 0 Å². The van der Waals surface area contributed by atoms with E-state index in [9.17, 15) is 9.90 Å². The maximum absolute atomic E-state index is 11.9. The number of hydrogen-bond donors (Lipinski definition) is 2. The number of amides is 1.